The molecule has 8 heteroatoms. The fraction of sp³-hybridized carbons (Fsp3) is 0.238. The third-order valence-electron chi connectivity index (χ3n) is 4.59. The molecule has 29 heavy (non-hydrogen) atoms. The first-order valence-corrected chi connectivity index (χ1v) is 9.94. The molecule has 0 spiro atoms. The molecule has 0 aliphatic heterocycles. The predicted molar refractivity (Wildman–Crippen MR) is 114 cm³/mol. The van der Waals surface area contributed by atoms with Crippen molar-refractivity contribution in [2.75, 3.05) is 12.4 Å². The summed E-state index contributed by atoms with van der Waals surface area (Å²) in [6.07, 6.45) is 1.56. The van der Waals surface area contributed by atoms with Crippen LogP contribution in [0.2, 0.25) is 0 Å². The van der Waals surface area contributed by atoms with Crippen LogP contribution in [0.15, 0.2) is 48.8 Å². The van der Waals surface area contributed by atoms with Crippen molar-refractivity contribution in [3.63, 3.8) is 0 Å². The van der Waals surface area contributed by atoms with E-state index >= 15 is 0 Å². The Balaban J connectivity index is 1.61. The van der Waals surface area contributed by atoms with E-state index in [0.717, 1.165) is 10.6 Å². The fourth-order valence-electron chi connectivity index (χ4n) is 2.93. The van der Waals surface area contributed by atoms with Gasteiger partial charge in [-0.15, -0.1) is 10.2 Å². The van der Waals surface area contributed by atoms with Crippen LogP contribution in [-0.2, 0) is 5.41 Å². The van der Waals surface area contributed by atoms with Crippen molar-refractivity contribution in [1.82, 2.24) is 19.8 Å². The number of benzene rings is 2. The number of fused-ring (bicyclic) bond motifs is 1. The molecule has 148 valence electrons. The summed E-state index contributed by atoms with van der Waals surface area (Å²) in [6.45, 7) is 6.43. The highest BCUT2D eigenvalue weighted by molar-refractivity contribution is 7.19. The third kappa shape index (κ3) is 3.84. The summed E-state index contributed by atoms with van der Waals surface area (Å²) < 4.78 is 7.05. The van der Waals surface area contributed by atoms with Crippen LogP contribution in [0.1, 0.15) is 36.7 Å². The molecular weight excluding hydrogens is 386 g/mol. The number of anilines is 1. The normalized spacial score (nSPS) is 11.6. The van der Waals surface area contributed by atoms with Crippen LogP contribution in [0.25, 0.3) is 15.5 Å². The van der Waals surface area contributed by atoms with Gasteiger partial charge in [0, 0.05) is 11.1 Å². The fourth-order valence-corrected chi connectivity index (χ4v) is 3.75. The maximum atomic E-state index is 12.8. The van der Waals surface area contributed by atoms with Gasteiger partial charge in [-0.05, 0) is 41.3 Å². The van der Waals surface area contributed by atoms with E-state index in [9.17, 15) is 4.79 Å². The molecule has 2 aromatic heterocycles. The number of carbonyl (C=O) groups excluding carboxylic acids is 1. The van der Waals surface area contributed by atoms with Crippen molar-refractivity contribution in [3.8, 4) is 16.3 Å². The molecule has 4 aromatic rings. The van der Waals surface area contributed by atoms with E-state index in [1.165, 1.54) is 16.9 Å². The number of rotatable bonds is 4. The SMILES string of the molecule is COc1ccc(-c2nn3cnnc3s2)cc1NC(=O)c1ccc(C(C)(C)C)cc1. The summed E-state index contributed by atoms with van der Waals surface area (Å²) in [6, 6.07) is 13.2. The van der Waals surface area contributed by atoms with E-state index in [4.69, 9.17) is 4.74 Å². The van der Waals surface area contributed by atoms with Crippen LogP contribution in [-0.4, -0.2) is 32.8 Å². The second-order valence-electron chi connectivity index (χ2n) is 7.66. The van der Waals surface area contributed by atoms with Gasteiger partial charge in [-0.2, -0.15) is 9.61 Å². The van der Waals surface area contributed by atoms with E-state index in [2.05, 4.69) is 41.4 Å². The molecule has 4 rings (SSSR count). The highest BCUT2D eigenvalue weighted by Crippen LogP contribution is 2.33. The molecule has 2 heterocycles. The number of hydrogen-bond acceptors (Lipinski definition) is 6. The molecule has 1 N–H and O–H groups in total. The summed E-state index contributed by atoms with van der Waals surface area (Å²) in [4.78, 5) is 13.5. The molecule has 0 aliphatic carbocycles. The van der Waals surface area contributed by atoms with Crippen LogP contribution >= 0.6 is 11.3 Å². The largest absolute Gasteiger partial charge is 0.495 e. The van der Waals surface area contributed by atoms with Crippen molar-refractivity contribution in [3.05, 3.63) is 59.9 Å². The van der Waals surface area contributed by atoms with Gasteiger partial charge in [-0.1, -0.05) is 44.2 Å². The number of amides is 1. The van der Waals surface area contributed by atoms with Crippen molar-refractivity contribution >= 4 is 27.9 Å². The molecule has 2 aromatic carbocycles. The minimum absolute atomic E-state index is 0.0373. The summed E-state index contributed by atoms with van der Waals surface area (Å²) in [7, 11) is 1.58. The average Bonchev–Trinajstić information content (AvgIpc) is 3.29. The first-order valence-electron chi connectivity index (χ1n) is 9.12. The molecule has 0 unspecified atom stereocenters. The van der Waals surface area contributed by atoms with E-state index in [1.54, 1.807) is 18.0 Å². The van der Waals surface area contributed by atoms with Gasteiger partial charge in [0.05, 0.1) is 12.8 Å². The maximum absolute atomic E-state index is 12.8. The summed E-state index contributed by atoms with van der Waals surface area (Å²) >= 11 is 1.42. The molecule has 1 amide bonds. The second-order valence-corrected chi connectivity index (χ2v) is 8.62. The number of ether oxygens (including phenoxy) is 1. The molecule has 0 saturated carbocycles. The average molecular weight is 407 g/mol. The number of hydrogen-bond donors (Lipinski definition) is 1. The van der Waals surface area contributed by atoms with Crippen LogP contribution in [0.4, 0.5) is 5.69 Å². The minimum Gasteiger partial charge on any atom is -0.495 e. The van der Waals surface area contributed by atoms with Gasteiger partial charge in [-0.3, -0.25) is 4.79 Å². The third-order valence-corrected chi connectivity index (χ3v) is 5.56. The Labute approximate surface area is 172 Å². The van der Waals surface area contributed by atoms with Gasteiger partial charge in [0.25, 0.3) is 5.91 Å². The number of methoxy groups -OCH3 is 1. The van der Waals surface area contributed by atoms with Crippen molar-refractivity contribution in [1.29, 1.82) is 0 Å². The van der Waals surface area contributed by atoms with E-state index in [1.807, 2.05) is 42.5 Å². The first-order chi connectivity index (χ1) is 13.8. The van der Waals surface area contributed by atoms with Crippen molar-refractivity contribution in [2.45, 2.75) is 26.2 Å². The maximum Gasteiger partial charge on any atom is 0.255 e. The zero-order chi connectivity index (χ0) is 20.6. The number of nitrogens with one attached hydrogen (secondary N) is 1. The van der Waals surface area contributed by atoms with Crippen LogP contribution in [0.3, 0.4) is 0 Å². The minimum atomic E-state index is -0.195. The molecule has 7 nitrogen and oxygen atoms in total. The lowest BCUT2D eigenvalue weighted by molar-refractivity contribution is 0.102. The lowest BCUT2D eigenvalue weighted by Gasteiger charge is -2.19. The topological polar surface area (TPSA) is 81.4 Å². The van der Waals surface area contributed by atoms with Gasteiger partial charge in [0.15, 0.2) is 0 Å². The number of aromatic nitrogens is 4. The molecule has 0 bridgehead atoms. The zero-order valence-electron chi connectivity index (χ0n) is 16.6. The Hall–Kier alpha value is -3.26. The lowest BCUT2D eigenvalue weighted by Crippen LogP contribution is -2.14. The molecule has 0 fully saturated rings. The van der Waals surface area contributed by atoms with E-state index < -0.39 is 0 Å². The smallest absolute Gasteiger partial charge is 0.255 e. The van der Waals surface area contributed by atoms with Gasteiger partial charge in [0.1, 0.15) is 17.1 Å². The zero-order valence-corrected chi connectivity index (χ0v) is 17.4. The summed E-state index contributed by atoms with van der Waals surface area (Å²) in [5.41, 5.74) is 3.25. The van der Waals surface area contributed by atoms with Gasteiger partial charge in [0.2, 0.25) is 4.96 Å². The van der Waals surface area contributed by atoms with Crippen molar-refractivity contribution < 1.29 is 9.53 Å². The van der Waals surface area contributed by atoms with Gasteiger partial charge >= 0.3 is 0 Å². The predicted octanol–water partition coefficient (Wildman–Crippen LogP) is 4.41. The Kier molecular flexibility index (Phi) is 4.79. The Bertz CT molecular complexity index is 1140. The Morgan fingerprint density at radius 2 is 1.90 bits per heavy atom. The molecule has 0 radical (unpaired) electrons. The highest BCUT2D eigenvalue weighted by atomic mass is 32.1. The highest BCUT2D eigenvalue weighted by Gasteiger charge is 2.16. The summed E-state index contributed by atoms with van der Waals surface area (Å²) in [5, 5.41) is 16.0. The van der Waals surface area contributed by atoms with E-state index in [0.29, 0.717) is 22.0 Å². The van der Waals surface area contributed by atoms with E-state index in [-0.39, 0.29) is 11.3 Å². The van der Waals surface area contributed by atoms with Crippen LogP contribution < -0.4 is 10.1 Å². The standard InChI is InChI=1S/C21H21N5O2S/c1-21(2,3)15-8-5-13(6-9-15)18(27)23-16-11-14(7-10-17(16)28-4)19-25-26-12-22-24-20(26)29-19/h5-12H,1-4H3,(H,23,27). The quantitative estimate of drug-likeness (QED) is 0.542. The second kappa shape index (κ2) is 7.29. The Morgan fingerprint density at radius 1 is 1.14 bits per heavy atom. The molecule has 0 atom stereocenters. The van der Waals surface area contributed by atoms with Crippen LogP contribution in [0.5, 0.6) is 5.75 Å². The monoisotopic (exact) mass is 407 g/mol. The number of carbonyl (C=O) groups is 1. The molecule has 0 aliphatic rings. The molecular formula is C21H21N5O2S. The van der Waals surface area contributed by atoms with Crippen LogP contribution in [0, 0.1) is 0 Å². The lowest BCUT2D eigenvalue weighted by atomic mass is 9.87. The van der Waals surface area contributed by atoms with Crippen molar-refractivity contribution in [2.24, 2.45) is 0 Å². The Morgan fingerprint density at radius 3 is 2.55 bits per heavy atom. The number of nitrogens with zero attached hydrogens (tertiary/aromatic N) is 4. The van der Waals surface area contributed by atoms with Gasteiger partial charge < -0.3 is 10.1 Å². The van der Waals surface area contributed by atoms with Gasteiger partial charge in [-0.25, -0.2) is 0 Å². The molecule has 0 saturated heterocycles. The first kappa shape index (κ1) is 19.1. The summed E-state index contributed by atoms with van der Waals surface area (Å²) in [5.74, 6) is 0.385.